The van der Waals surface area contributed by atoms with E-state index in [1.165, 1.54) is 25.5 Å². The second kappa shape index (κ2) is 7.89. The third-order valence-corrected chi connectivity index (χ3v) is 5.03. The highest BCUT2D eigenvalue weighted by Gasteiger charge is 2.19. The predicted molar refractivity (Wildman–Crippen MR) is 106 cm³/mol. The number of aliphatic hydroxyl groups is 1. The molecule has 9 nitrogen and oxygen atoms in total. The van der Waals surface area contributed by atoms with Crippen LogP contribution in [-0.2, 0) is 0 Å². The number of β-amino-alcohol motifs (C(OH)–C–C–N with tert-alkyl or cyclic N) is 1. The summed E-state index contributed by atoms with van der Waals surface area (Å²) in [5.41, 5.74) is 7.25. The van der Waals surface area contributed by atoms with Gasteiger partial charge in [-0.3, -0.25) is 4.79 Å². The third kappa shape index (κ3) is 4.09. The lowest BCUT2D eigenvalue weighted by Gasteiger charge is -2.26. The predicted octanol–water partition coefficient (Wildman–Crippen LogP) is 1.70. The topological polar surface area (TPSA) is 134 Å². The lowest BCUT2D eigenvalue weighted by molar-refractivity contribution is 0.100. The van der Waals surface area contributed by atoms with Crippen LogP contribution in [0, 0.1) is 5.92 Å². The quantitative estimate of drug-likeness (QED) is 0.508. The number of amides is 1. The lowest BCUT2D eigenvalue weighted by Crippen LogP contribution is -2.24. The van der Waals surface area contributed by atoms with Crippen LogP contribution in [0.5, 0.6) is 5.75 Å². The molecule has 4 rings (SSSR count). The average Bonchev–Trinajstić information content (AvgIpc) is 2.82. The van der Waals surface area contributed by atoms with Crippen LogP contribution < -0.4 is 26.4 Å². The van der Waals surface area contributed by atoms with Gasteiger partial charge in [0, 0.05) is 25.0 Å². The number of nitrogens with one attached hydrogen (secondary N) is 3. The largest absolute Gasteiger partial charge is 0.489 e. The molecule has 1 fully saturated rings. The van der Waals surface area contributed by atoms with Crippen molar-refractivity contribution in [3.63, 3.8) is 0 Å². The number of anilines is 4. The molecule has 0 unspecified atom stereocenters. The minimum absolute atomic E-state index is 0.250. The second-order valence-electron chi connectivity index (χ2n) is 7.18. The minimum Gasteiger partial charge on any atom is -0.489 e. The molecule has 0 spiro atoms. The van der Waals surface area contributed by atoms with Crippen molar-refractivity contribution in [1.82, 2.24) is 9.97 Å². The average molecular weight is 384 g/mol. The molecule has 0 bridgehead atoms. The molecule has 1 aliphatic carbocycles. The smallest absolute Gasteiger partial charge is 0.254 e. The molecule has 1 aromatic carbocycles. The van der Waals surface area contributed by atoms with Gasteiger partial charge >= 0.3 is 0 Å². The Balaban J connectivity index is 1.51. The Labute approximate surface area is 162 Å². The number of fused-ring (bicyclic) bond motifs is 1. The standard InChI is InChI=1S/C19H24N6O3/c20-17(27)14-9-23-19(25-18(14)22-7-11-2-1-3-11)24-12-4-5-16-15(6-12)21-8-13(26)10-28-16/h4-6,9,11,13,21,26H,1-3,7-8,10H2,(H2,20,27)(H2,22,23,24,25)/t13-/m0/s1. The number of nitrogens with zero attached hydrogens (tertiary/aromatic N) is 2. The highest BCUT2D eigenvalue weighted by Crippen LogP contribution is 2.31. The maximum absolute atomic E-state index is 11.7. The fourth-order valence-corrected chi connectivity index (χ4v) is 3.17. The van der Waals surface area contributed by atoms with Crippen LogP contribution in [-0.4, -0.2) is 46.8 Å². The highest BCUT2D eigenvalue weighted by molar-refractivity contribution is 5.97. The van der Waals surface area contributed by atoms with Crippen LogP contribution >= 0.6 is 0 Å². The van der Waals surface area contributed by atoms with Crippen molar-refractivity contribution in [2.45, 2.75) is 25.4 Å². The van der Waals surface area contributed by atoms with Gasteiger partial charge in [0.15, 0.2) is 0 Å². The molecule has 1 aromatic heterocycles. The molecule has 9 heteroatoms. The van der Waals surface area contributed by atoms with E-state index in [4.69, 9.17) is 10.5 Å². The van der Waals surface area contributed by atoms with Gasteiger partial charge < -0.3 is 31.5 Å². The lowest BCUT2D eigenvalue weighted by atomic mass is 9.85. The van der Waals surface area contributed by atoms with Crippen LogP contribution in [0.4, 0.5) is 23.1 Å². The SMILES string of the molecule is NC(=O)c1cnc(Nc2ccc3c(c2)NC[C@H](O)CO3)nc1NCC1CCC1. The number of benzene rings is 1. The van der Waals surface area contributed by atoms with Gasteiger partial charge in [-0.15, -0.1) is 0 Å². The van der Waals surface area contributed by atoms with Crippen molar-refractivity contribution in [3.05, 3.63) is 30.0 Å². The van der Waals surface area contributed by atoms with Gasteiger partial charge in [0.2, 0.25) is 5.95 Å². The van der Waals surface area contributed by atoms with Gasteiger partial charge in [-0.1, -0.05) is 6.42 Å². The second-order valence-corrected chi connectivity index (χ2v) is 7.18. The third-order valence-electron chi connectivity index (χ3n) is 5.03. The van der Waals surface area contributed by atoms with E-state index in [9.17, 15) is 9.90 Å². The zero-order valence-corrected chi connectivity index (χ0v) is 15.4. The molecule has 1 amide bonds. The first-order valence-corrected chi connectivity index (χ1v) is 9.45. The van der Waals surface area contributed by atoms with Gasteiger partial charge in [0.1, 0.15) is 24.3 Å². The number of hydrogen-bond donors (Lipinski definition) is 5. The van der Waals surface area contributed by atoms with Gasteiger partial charge in [0.25, 0.3) is 5.91 Å². The molecule has 0 saturated heterocycles. The molecule has 2 heterocycles. The van der Waals surface area contributed by atoms with Crippen LogP contribution in [0.25, 0.3) is 0 Å². The number of carbonyl (C=O) groups excluding carboxylic acids is 1. The number of rotatable bonds is 6. The monoisotopic (exact) mass is 384 g/mol. The van der Waals surface area contributed by atoms with Crippen molar-refractivity contribution in [3.8, 4) is 5.75 Å². The molecule has 6 N–H and O–H groups in total. The number of aromatic nitrogens is 2. The Morgan fingerprint density at radius 3 is 3.00 bits per heavy atom. The number of primary amides is 1. The Morgan fingerprint density at radius 2 is 2.25 bits per heavy atom. The minimum atomic E-state index is -0.562. The Bertz CT molecular complexity index is 871. The van der Waals surface area contributed by atoms with Crippen LogP contribution in [0.1, 0.15) is 29.6 Å². The Hall–Kier alpha value is -3.07. The zero-order chi connectivity index (χ0) is 19.5. The molecule has 148 valence electrons. The molecule has 1 saturated carbocycles. The maximum atomic E-state index is 11.7. The fraction of sp³-hybridized carbons (Fsp3) is 0.421. The molecule has 0 radical (unpaired) electrons. The normalized spacial score (nSPS) is 18.7. The summed E-state index contributed by atoms with van der Waals surface area (Å²) in [6.45, 7) is 1.43. The van der Waals surface area contributed by atoms with E-state index < -0.39 is 12.0 Å². The number of aliphatic hydroxyl groups excluding tert-OH is 1. The molecular weight excluding hydrogens is 360 g/mol. The van der Waals surface area contributed by atoms with E-state index in [0.717, 1.165) is 17.9 Å². The van der Waals surface area contributed by atoms with E-state index in [-0.39, 0.29) is 12.2 Å². The van der Waals surface area contributed by atoms with Crippen molar-refractivity contribution in [2.75, 3.05) is 35.6 Å². The maximum Gasteiger partial charge on any atom is 0.254 e. The van der Waals surface area contributed by atoms with Gasteiger partial charge in [0.05, 0.1) is 11.3 Å². The first-order chi connectivity index (χ1) is 13.6. The number of ether oxygens (including phenoxy) is 1. The van der Waals surface area contributed by atoms with Gasteiger partial charge in [-0.05, 0) is 37.0 Å². The summed E-state index contributed by atoms with van der Waals surface area (Å²) in [5, 5.41) is 19.2. The molecule has 2 aliphatic rings. The van der Waals surface area contributed by atoms with E-state index in [1.54, 1.807) is 0 Å². The molecule has 2 aromatic rings. The van der Waals surface area contributed by atoms with Gasteiger partial charge in [-0.25, -0.2) is 4.98 Å². The molecular formula is C19H24N6O3. The first kappa shape index (κ1) is 18.3. The molecule has 1 aliphatic heterocycles. The molecule has 28 heavy (non-hydrogen) atoms. The summed E-state index contributed by atoms with van der Waals surface area (Å²) in [4.78, 5) is 20.3. The highest BCUT2D eigenvalue weighted by atomic mass is 16.5. The summed E-state index contributed by atoms with van der Waals surface area (Å²) in [7, 11) is 0. The van der Waals surface area contributed by atoms with E-state index in [0.29, 0.717) is 30.0 Å². The van der Waals surface area contributed by atoms with E-state index in [1.807, 2.05) is 18.2 Å². The summed E-state index contributed by atoms with van der Waals surface area (Å²) >= 11 is 0. The van der Waals surface area contributed by atoms with Crippen molar-refractivity contribution < 1.29 is 14.6 Å². The van der Waals surface area contributed by atoms with Crippen molar-refractivity contribution in [2.24, 2.45) is 11.7 Å². The van der Waals surface area contributed by atoms with Crippen molar-refractivity contribution >= 4 is 29.0 Å². The summed E-state index contributed by atoms with van der Waals surface area (Å²) in [5.74, 6) is 1.52. The fourth-order valence-electron chi connectivity index (χ4n) is 3.17. The summed E-state index contributed by atoms with van der Waals surface area (Å²) in [6.07, 6.45) is 4.50. The van der Waals surface area contributed by atoms with Crippen LogP contribution in [0.15, 0.2) is 24.4 Å². The Kier molecular flexibility index (Phi) is 5.16. The van der Waals surface area contributed by atoms with Crippen LogP contribution in [0.2, 0.25) is 0 Å². The van der Waals surface area contributed by atoms with Crippen LogP contribution in [0.3, 0.4) is 0 Å². The van der Waals surface area contributed by atoms with E-state index in [2.05, 4.69) is 25.9 Å². The van der Waals surface area contributed by atoms with E-state index >= 15 is 0 Å². The summed E-state index contributed by atoms with van der Waals surface area (Å²) in [6, 6.07) is 5.52. The Morgan fingerprint density at radius 1 is 1.39 bits per heavy atom. The molecule has 1 atom stereocenters. The van der Waals surface area contributed by atoms with Crippen molar-refractivity contribution in [1.29, 1.82) is 0 Å². The number of nitrogens with two attached hydrogens (primary N) is 1. The number of hydrogen-bond acceptors (Lipinski definition) is 8. The summed E-state index contributed by atoms with van der Waals surface area (Å²) < 4.78 is 5.56. The van der Waals surface area contributed by atoms with Gasteiger partial charge in [-0.2, -0.15) is 4.98 Å². The first-order valence-electron chi connectivity index (χ1n) is 9.45. The zero-order valence-electron chi connectivity index (χ0n) is 15.4. The number of carbonyl (C=O) groups is 1.